The smallest absolute Gasteiger partial charge is 0.214 e. The van der Waals surface area contributed by atoms with E-state index in [0.717, 1.165) is 11.3 Å². The van der Waals surface area contributed by atoms with Gasteiger partial charge in [-0.15, -0.1) is 11.3 Å². The molecule has 1 atom stereocenters. The summed E-state index contributed by atoms with van der Waals surface area (Å²) >= 11 is 1.60. The van der Waals surface area contributed by atoms with E-state index in [2.05, 4.69) is 4.90 Å². The Hall–Kier alpha value is -0.470. The Kier molecular flexibility index (Phi) is 6.19. The Balaban J connectivity index is 1.80. The van der Waals surface area contributed by atoms with Crippen LogP contribution in [0.1, 0.15) is 18.2 Å². The summed E-state index contributed by atoms with van der Waals surface area (Å²) in [4.78, 5) is 3.25. The molecule has 0 amide bonds. The summed E-state index contributed by atoms with van der Waals surface area (Å²) in [7, 11) is -3.17. The van der Waals surface area contributed by atoms with Crippen molar-refractivity contribution < 1.29 is 13.5 Å². The minimum Gasteiger partial charge on any atom is -0.392 e. The number of thiophene rings is 1. The van der Waals surface area contributed by atoms with E-state index in [0.29, 0.717) is 39.1 Å². The third-order valence-electron chi connectivity index (χ3n) is 3.85. The van der Waals surface area contributed by atoms with Gasteiger partial charge < -0.3 is 5.11 Å². The molecule has 1 saturated heterocycles. The molecule has 21 heavy (non-hydrogen) atoms. The van der Waals surface area contributed by atoms with Crippen molar-refractivity contribution in [3.63, 3.8) is 0 Å². The van der Waals surface area contributed by atoms with Crippen molar-refractivity contribution >= 4 is 21.4 Å². The molecule has 1 aromatic rings. The van der Waals surface area contributed by atoms with Gasteiger partial charge in [-0.2, -0.15) is 4.31 Å². The summed E-state index contributed by atoms with van der Waals surface area (Å²) in [6, 6.07) is 3.93. The number of β-amino-alcohol motifs (C(OH)–C–C–N with tert-alkyl or cyclic N) is 1. The second-order valence-corrected chi connectivity index (χ2v) is 8.53. The van der Waals surface area contributed by atoms with Gasteiger partial charge in [-0.3, -0.25) is 4.90 Å². The van der Waals surface area contributed by atoms with Crippen molar-refractivity contribution in [2.24, 2.45) is 0 Å². The molecule has 0 aliphatic carbocycles. The Morgan fingerprint density at radius 2 is 2.05 bits per heavy atom. The molecular formula is C14H24N2O3S2. The molecular weight excluding hydrogens is 308 g/mol. The van der Waals surface area contributed by atoms with Crippen molar-refractivity contribution in [2.75, 3.05) is 38.5 Å². The topological polar surface area (TPSA) is 60.9 Å². The van der Waals surface area contributed by atoms with Gasteiger partial charge in [0.2, 0.25) is 10.0 Å². The molecule has 1 aliphatic rings. The SMILES string of the molecule is CC[C@@H](O)CN1CCN(S(=O)(=O)CCc2cccs2)CC1. The van der Waals surface area contributed by atoms with Gasteiger partial charge >= 0.3 is 0 Å². The Morgan fingerprint density at radius 1 is 1.33 bits per heavy atom. The third kappa shape index (κ3) is 5.03. The highest BCUT2D eigenvalue weighted by molar-refractivity contribution is 7.89. The average molecular weight is 332 g/mol. The van der Waals surface area contributed by atoms with Crippen LogP contribution in [0.4, 0.5) is 0 Å². The van der Waals surface area contributed by atoms with Crippen LogP contribution in [-0.2, 0) is 16.4 Å². The number of aryl methyl sites for hydroxylation is 1. The summed E-state index contributed by atoms with van der Waals surface area (Å²) in [6.45, 7) is 5.06. The van der Waals surface area contributed by atoms with Crippen LogP contribution >= 0.6 is 11.3 Å². The zero-order valence-electron chi connectivity index (χ0n) is 12.4. The number of sulfonamides is 1. The van der Waals surface area contributed by atoms with Gasteiger partial charge in [0.25, 0.3) is 0 Å². The van der Waals surface area contributed by atoms with Gasteiger partial charge in [0.1, 0.15) is 0 Å². The molecule has 2 rings (SSSR count). The van der Waals surface area contributed by atoms with Crippen LogP contribution in [0.3, 0.4) is 0 Å². The molecule has 0 bridgehead atoms. The van der Waals surface area contributed by atoms with Crippen LogP contribution in [0.2, 0.25) is 0 Å². The van der Waals surface area contributed by atoms with E-state index in [4.69, 9.17) is 0 Å². The number of aliphatic hydroxyl groups is 1. The number of nitrogens with zero attached hydrogens (tertiary/aromatic N) is 2. The molecule has 0 unspecified atom stereocenters. The first kappa shape index (κ1) is 16.9. The van der Waals surface area contributed by atoms with E-state index in [-0.39, 0.29) is 11.9 Å². The van der Waals surface area contributed by atoms with Crippen molar-refractivity contribution in [3.8, 4) is 0 Å². The monoisotopic (exact) mass is 332 g/mol. The normalized spacial score (nSPS) is 19.7. The van der Waals surface area contributed by atoms with Crippen molar-refractivity contribution in [3.05, 3.63) is 22.4 Å². The highest BCUT2D eigenvalue weighted by Crippen LogP contribution is 2.14. The molecule has 0 spiro atoms. The lowest BCUT2D eigenvalue weighted by molar-refractivity contribution is 0.0896. The largest absolute Gasteiger partial charge is 0.392 e. The number of hydrogen-bond acceptors (Lipinski definition) is 5. The van der Waals surface area contributed by atoms with Crippen LogP contribution in [-0.4, -0.2) is 67.3 Å². The maximum Gasteiger partial charge on any atom is 0.214 e. The molecule has 0 saturated carbocycles. The second kappa shape index (κ2) is 7.69. The van der Waals surface area contributed by atoms with Crippen LogP contribution in [0, 0.1) is 0 Å². The third-order valence-corrected chi connectivity index (χ3v) is 6.66. The Labute approximate surface area is 131 Å². The molecule has 5 nitrogen and oxygen atoms in total. The molecule has 1 fully saturated rings. The molecule has 7 heteroatoms. The fourth-order valence-electron chi connectivity index (χ4n) is 2.43. The predicted octanol–water partition coefficient (Wildman–Crippen LogP) is 1.01. The van der Waals surface area contributed by atoms with Gasteiger partial charge in [-0.1, -0.05) is 13.0 Å². The Bertz CT molecular complexity index is 508. The summed E-state index contributed by atoms with van der Waals surface area (Å²) in [5.74, 6) is 0.186. The Morgan fingerprint density at radius 3 is 2.62 bits per heavy atom. The fraction of sp³-hybridized carbons (Fsp3) is 0.714. The maximum atomic E-state index is 12.3. The number of rotatable bonds is 7. The first-order chi connectivity index (χ1) is 10.0. The number of hydrogen-bond donors (Lipinski definition) is 1. The van der Waals surface area contributed by atoms with Gasteiger partial charge in [0, 0.05) is 37.6 Å². The lowest BCUT2D eigenvalue weighted by atomic mass is 10.2. The molecule has 1 aromatic heterocycles. The molecule has 1 aliphatic heterocycles. The van der Waals surface area contributed by atoms with E-state index in [1.807, 2.05) is 24.4 Å². The van der Waals surface area contributed by atoms with E-state index < -0.39 is 10.0 Å². The molecule has 1 N–H and O–H groups in total. The lowest BCUT2D eigenvalue weighted by Crippen LogP contribution is -2.50. The van der Waals surface area contributed by atoms with E-state index in [9.17, 15) is 13.5 Å². The highest BCUT2D eigenvalue weighted by Gasteiger charge is 2.27. The van der Waals surface area contributed by atoms with Crippen LogP contribution in [0.5, 0.6) is 0 Å². The molecule has 120 valence electrons. The summed E-state index contributed by atoms with van der Waals surface area (Å²) < 4.78 is 26.2. The average Bonchev–Trinajstić information content (AvgIpc) is 2.99. The number of aliphatic hydroxyl groups excluding tert-OH is 1. The first-order valence-electron chi connectivity index (χ1n) is 7.42. The van der Waals surface area contributed by atoms with Crippen molar-refractivity contribution in [1.82, 2.24) is 9.21 Å². The summed E-state index contributed by atoms with van der Waals surface area (Å²) in [6.07, 6.45) is 1.01. The molecule has 0 aromatic carbocycles. The summed E-state index contributed by atoms with van der Waals surface area (Å²) in [5, 5.41) is 11.6. The van der Waals surface area contributed by atoms with Crippen molar-refractivity contribution in [2.45, 2.75) is 25.9 Å². The highest BCUT2D eigenvalue weighted by atomic mass is 32.2. The predicted molar refractivity (Wildman–Crippen MR) is 86.1 cm³/mol. The lowest BCUT2D eigenvalue weighted by Gasteiger charge is -2.34. The minimum absolute atomic E-state index is 0.186. The van der Waals surface area contributed by atoms with E-state index in [1.54, 1.807) is 15.6 Å². The van der Waals surface area contributed by atoms with E-state index >= 15 is 0 Å². The molecule has 0 radical (unpaired) electrons. The quantitative estimate of drug-likeness (QED) is 0.809. The van der Waals surface area contributed by atoms with Gasteiger partial charge in [0.15, 0.2) is 0 Å². The first-order valence-corrected chi connectivity index (χ1v) is 9.91. The van der Waals surface area contributed by atoms with Crippen LogP contribution < -0.4 is 0 Å². The minimum atomic E-state index is -3.17. The zero-order chi connectivity index (χ0) is 15.3. The summed E-state index contributed by atoms with van der Waals surface area (Å²) in [5.41, 5.74) is 0. The van der Waals surface area contributed by atoms with Gasteiger partial charge in [-0.25, -0.2) is 8.42 Å². The number of piperazine rings is 1. The van der Waals surface area contributed by atoms with Crippen molar-refractivity contribution in [1.29, 1.82) is 0 Å². The van der Waals surface area contributed by atoms with Crippen LogP contribution in [0.15, 0.2) is 17.5 Å². The fourth-order valence-corrected chi connectivity index (χ4v) is 4.72. The van der Waals surface area contributed by atoms with Gasteiger partial charge in [-0.05, 0) is 24.3 Å². The standard InChI is InChI=1S/C14H24N2O3S2/c1-2-13(17)12-15-6-8-16(9-7-15)21(18,19)11-5-14-4-3-10-20-14/h3-4,10,13,17H,2,5-9,11-12H2,1H3/t13-/m1/s1. The maximum absolute atomic E-state index is 12.3. The second-order valence-electron chi connectivity index (χ2n) is 5.41. The van der Waals surface area contributed by atoms with Crippen LogP contribution in [0.25, 0.3) is 0 Å². The zero-order valence-corrected chi connectivity index (χ0v) is 14.1. The van der Waals surface area contributed by atoms with Gasteiger partial charge in [0.05, 0.1) is 11.9 Å². The molecule has 2 heterocycles. The van der Waals surface area contributed by atoms with E-state index in [1.165, 1.54) is 0 Å².